The summed E-state index contributed by atoms with van der Waals surface area (Å²) >= 11 is 0. The maximum absolute atomic E-state index is 11.1. The van der Waals surface area contributed by atoms with E-state index in [1.165, 1.54) is 18.4 Å². The Kier molecular flexibility index (Phi) is 4.35. The Morgan fingerprint density at radius 2 is 1.95 bits per heavy atom. The normalized spacial score (nSPS) is 13.9. The van der Waals surface area contributed by atoms with Gasteiger partial charge in [0.2, 0.25) is 0 Å². The molecule has 1 aromatic rings. The van der Waals surface area contributed by atoms with Crippen LogP contribution in [0.4, 0.5) is 4.79 Å². The van der Waals surface area contributed by atoms with E-state index < -0.39 is 11.9 Å². The molecule has 0 bridgehead atoms. The van der Waals surface area contributed by atoms with Crippen molar-refractivity contribution in [3.8, 4) is 5.75 Å². The first-order valence-electron chi connectivity index (χ1n) is 6.18. The van der Waals surface area contributed by atoms with Gasteiger partial charge in [-0.05, 0) is 30.5 Å². The maximum atomic E-state index is 11.1. The second kappa shape index (κ2) is 6.19. The van der Waals surface area contributed by atoms with Crippen LogP contribution in [0, 0.1) is 0 Å². The van der Waals surface area contributed by atoms with E-state index in [-0.39, 0.29) is 6.61 Å². The molecule has 6 heteroatoms. The minimum Gasteiger partial charge on any atom is -0.484 e. The number of hydrogen-bond donors (Lipinski definition) is 3. The summed E-state index contributed by atoms with van der Waals surface area (Å²) in [6.45, 7) is 0.607. The molecule has 1 aliphatic carbocycles. The van der Waals surface area contributed by atoms with Crippen LogP contribution < -0.4 is 21.1 Å². The summed E-state index contributed by atoms with van der Waals surface area (Å²) in [7, 11) is 0. The first-order chi connectivity index (χ1) is 9.13. The highest BCUT2D eigenvalue weighted by Crippen LogP contribution is 2.19. The number of imide groups is 1. The van der Waals surface area contributed by atoms with Crippen LogP contribution in [0.5, 0.6) is 5.75 Å². The second-order valence-electron chi connectivity index (χ2n) is 4.50. The minimum atomic E-state index is -0.880. The molecule has 0 aromatic heterocycles. The lowest BCUT2D eigenvalue weighted by atomic mass is 10.2. The summed E-state index contributed by atoms with van der Waals surface area (Å²) in [4.78, 5) is 21.6. The molecule has 0 atom stereocenters. The third kappa shape index (κ3) is 4.97. The molecule has 2 rings (SSSR count). The highest BCUT2D eigenvalue weighted by molar-refractivity contribution is 5.94. The van der Waals surface area contributed by atoms with Crippen molar-refractivity contribution >= 4 is 11.9 Å². The quantitative estimate of drug-likeness (QED) is 0.697. The molecule has 19 heavy (non-hydrogen) atoms. The first-order valence-corrected chi connectivity index (χ1v) is 6.18. The number of ether oxygens (including phenoxy) is 1. The molecule has 6 nitrogen and oxygen atoms in total. The Labute approximate surface area is 111 Å². The van der Waals surface area contributed by atoms with Gasteiger partial charge in [-0.1, -0.05) is 12.1 Å². The smallest absolute Gasteiger partial charge is 0.318 e. The van der Waals surface area contributed by atoms with Gasteiger partial charge < -0.3 is 15.8 Å². The number of benzene rings is 1. The van der Waals surface area contributed by atoms with E-state index in [0.29, 0.717) is 11.8 Å². The first kappa shape index (κ1) is 13.4. The Morgan fingerprint density at radius 1 is 1.26 bits per heavy atom. The zero-order valence-corrected chi connectivity index (χ0v) is 10.5. The lowest BCUT2D eigenvalue weighted by Crippen LogP contribution is -2.38. The van der Waals surface area contributed by atoms with Gasteiger partial charge in [-0.15, -0.1) is 0 Å². The maximum Gasteiger partial charge on any atom is 0.318 e. The monoisotopic (exact) mass is 263 g/mol. The fraction of sp³-hybridized carbons (Fsp3) is 0.385. The van der Waals surface area contributed by atoms with Crippen molar-refractivity contribution < 1.29 is 14.3 Å². The van der Waals surface area contributed by atoms with Crippen LogP contribution in [0.2, 0.25) is 0 Å². The van der Waals surface area contributed by atoms with Gasteiger partial charge in [-0.25, -0.2) is 4.79 Å². The summed E-state index contributed by atoms with van der Waals surface area (Å²) in [5.74, 6) is 0.0155. The van der Waals surface area contributed by atoms with Crippen molar-refractivity contribution in [1.82, 2.24) is 10.6 Å². The molecule has 0 radical (unpaired) electrons. The number of primary amides is 1. The number of carbonyl (C=O) groups is 2. The zero-order chi connectivity index (χ0) is 13.7. The van der Waals surface area contributed by atoms with E-state index in [9.17, 15) is 9.59 Å². The molecule has 0 saturated heterocycles. The van der Waals surface area contributed by atoms with Gasteiger partial charge in [0.05, 0.1) is 0 Å². The van der Waals surface area contributed by atoms with Crippen LogP contribution in [-0.4, -0.2) is 24.6 Å². The molecule has 1 saturated carbocycles. The van der Waals surface area contributed by atoms with Crippen molar-refractivity contribution in [2.75, 3.05) is 6.61 Å². The van der Waals surface area contributed by atoms with E-state index in [1.807, 2.05) is 17.4 Å². The summed E-state index contributed by atoms with van der Waals surface area (Å²) in [6, 6.07) is 7.26. The van der Waals surface area contributed by atoms with Crippen molar-refractivity contribution in [2.45, 2.75) is 25.4 Å². The van der Waals surface area contributed by atoms with Crippen molar-refractivity contribution in [3.63, 3.8) is 0 Å². The van der Waals surface area contributed by atoms with Gasteiger partial charge in [0, 0.05) is 12.6 Å². The van der Waals surface area contributed by atoms with Crippen LogP contribution >= 0.6 is 0 Å². The molecule has 0 heterocycles. The van der Waals surface area contributed by atoms with Gasteiger partial charge in [-0.2, -0.15) is 0 Å². The van der Waals surface area contributed by atoms with Gasteiger partial charge >= 0.3 is 6.03 Å². The SMILES string of the molecule is NC(=O)NC(=O)COc1ccc(CNC2CC2)cc1. The van der Waals surface area contributed by atoms with Crippen molar-refractivity contribution in [3.05, 3.63) is 29.8 Å². The average molecular weight is 263 g/mol. The van der Waals surface area contributed by atoms with Crippen LogP contribution in [0.15, 0.2) is 24.3 Å². The lowest BCUT2D eigenvalue weighted by Gasteiger charge is -2.07. The Hall–Kier alpha value is -2.08. The van der Waals surface area contributed by atoms with Crippen LogP contribution in [-0.2, 0) is 11.3 Å². The third-order valence-electron chi connectivity index (χ3n) is 2.73. The zero-order valence-electron chi connectivity index (χ0n) is 10.5. The van der Waals surface area contributed by atoms with Crippen LogP contribution in [0.3, 0.4) is 0 Å². The molecule has 1 aliphatic rings. The molecule has 0 aliphatic heterocycles. The van der Waals surface area contributed by atoms with Crippen LogP contribution in [0.25, 0.3) is 0 Å². The number of carbonyl (C=O) groups excluding carboxylic acids is 2. The molecular formula is C13H17N3O3. The number of nitrogens with two attached hydrogens (primary N) is 1. The lowest BCUT2D eigenvalue weighted by molar-refractivity contribution is -0.121. The summed E-state index contributed by atoms with van der Waals surface area (Å²) in [5.41, 5.74) is 5.98. The summed E-state index contributed by atoms with van der Waals surface area (Å²) in [5, 5.41) is 5.34. The van der Waals surface area contributed by atoms with E-state index >= 15 is 0 Å². The van der Waals surface area contributed by atoms with E-state index in [1.54, 1.807) is 12.1 Å². The van der Waals surface area contributed by atoms with Gasteiger partial charge in [0.1, 0.15) is 5.75 Å². The molecule has 1 aromatic carbocycles. The Balaban J connectivity index is 1.74. The second-order valence-corrected chi connectivity index (χ2v) is 4.50. The standard InChI is InChI=1S/C13H17N3O3/c14-13(18)16-12(17)8-19-11-5-1-9(2-6-11)7-15-10-3-4-10/h1-2,5-6,10,15H,3-4,7-8H2,(H3,14,16,17,18). The predicted molar refractivity (Wildman–Crippen MR) is 69.5 cm³/mol. The molecule has 3 amide bonds. The number of nitrogens with one attached hydrogen (secondary N) is 2. The predicted octanol–water partition coefficient (Wildman–Crippen LogP) is 0.512. The van der Waals surface area contributed by atoms with Crippen LogP contribution in [0.1, 0.15) is 18.4 Å². The van der Waals surface area contributed by atoms with E-state index in [4.69, 9.17) is 10.5 Å². The highest BCUT2D eigenvalue weighted by atomic mass is 16.5. The van der Waals surface area contributed by atoms with E-state index in [0.717, 1.165) is 6.54 Å². The summed E-state index contributed by atoms with van der Waals surface area (Å²) < 4.78 is 5.22. The number of urea groups is 1. The Bertz CT molecular complexity index is 455. The summed E-state index contributed by atoms with van der Waals surface area (Å²) in [6.07, 6.45) is 2.52. The fourth-order valence-electron chi connectivity index (χ4n) is 1.58. The molecule has 0 unspecified atom stereocenters. The van der Waals surface area contributed by atoms with Crippen molar-refractivity contribution in [1.29, 1.82) is 0 Å². The third-order valence-corrected chi connectivity index (χ3v) is 2.73. The van der Waals surface area contributed by atoms with E-state index in [2.05, 4.69) is 5.32 Å². The largest absolute Gasteiger partial charge is 0.484 e. The number of rotatable bonds is 6. The molecule has 1 fully saturated rings. The van der Waals surface area contributed by atoms with Gasteiger partial charge in [0.15, 0.2) is 6.61 Å². The topological polar surface area (TPSA) is 93.5 Å². The van der Waals surface area contributed by atoms with Gasteiger partial charge in [0.25, 0.3) is 5.91 Å². The molecule has 102 valence electrons. The van der Waals surface area contributed by atoms with Gasteiger partial charge in [-0.3, -0.25) is 10.1 Å². The Morgan fingerprint density at radius 3 is 2.53 bits per heavy atom. The minimum absolute atomic E-state index is 0.234. The molecular weight excluding hydrogens is 246 g/mol. The molecule has 0 spiro atoms. The van der Waals surface area contributed by atoms with Crippen molar-refractivity contribution in [2.24, 2.45) is 5.73 Å². The number of amides is 3. The fourth-order valence-corrected chi connectivity index (χ4v) is 1.58. The highest BCUT2D eigenvalue weighted by Gasteiger charge is 2.19. The molecule has 4 N–H and O–H groups in total. The average Bonchev–Trinajstić information content (AvgIpc) is 3.18. The number of hydrogen-bond acceptors (Lipinski definition) is 4.